The van der Waals surface area contributed by atoms with Crippen molar-refractivity contribution in [3.63, 3.8) is 0 Å². The number of H-pyrrole nitrogens is 1. The van der Waals surface area contributed by atoms with Crippen LogP contribution in [-0.2, 0) is 4.79 Å². The molecule has 0 bridgehead atoms. The van der Waals surface area contributed by atoms with Gasteiger partial charge in [0.15, 0.2) is 0 Å². The molecule has 1 unspecified atom stereocenters. The highest BCUT2D eigenvalue weighted by molar-refractivity contribution is 5.91. The van der Waals surface area contributed by atoms with Gasteiger partial charge in [0, 0.05) is 18.3 Å². The van der Waals surface area contributed by atoms with Crippen LogP contribution in [0.3, 0.4) is 0 Å². The lowest BCUT2D eigenvalue weighted by Crippen LogP contribution is -2.32. The van der Waals surface area contributed by atoms with Gasteiger partial charge >= 0.3 is 0 Å². The van der Waals surface area contributed by atoms with Crippen molar-refractivity contribution in [2.24, 2.45) is 5.92 Å². The number of aromatic amines is 1. The van der Waals surface area contributed by atoms with E-state index in [-0.39, 0.29) is 5.91 Å². The molecule has 1 aliphatic heterocycles. The SMILES string of the molecule is O=C(CC1CCCNC1)Nc1ccc(-c2ccn[nH]2)cc1. The lowest BCUT2D eigenvalue weighted by atomic mass is 9.96. The first kappa shape index (κ1) is 13.8. The second-order valence-electron chi connectivity index (χ2n) is 5.51. The van der Waals surface area contributed by atoms with E-state index in [2.05, 4.69) is 20.8 Å². The van der Waals surface area contributed by atoms with Crippen LogP contribution >= 0.6 is 0 Å². The number of amides is 1. The number of aromatic nitrogens is 2. The first-order valence-electron chi connectivity index (χ1n) is 7.41. The van der Waals surface area contributed by atoms with E-state index in [1.54, 1.807) is 6.20 Å². The van der Waals surface area contributed by atoms with Crippen molar-refractivity contribution < 1.29 is 4.79 Å². The largest absolute Gasteiger partial charge is 0.326 e. The quantitative estimate of drug-likeness (QED) is 0.807. The molecule has 1 amide bonds. The second-order valence-corrected chi connectivity index (χ2v) is 5.51. The number of nitrogens with zero attached hydrogens (tertiary/aromatic N) is 1. The Morgan fingerprint density at radius 3 is 2.81 bits per heavy atom. The van der Waals surface area contributed by atoms with Crippen LogP contribution in [0.5, 0.6) is 0 Å². The van der Waals surface area contributed by atoms with E-state index >= 15 is 0 Å². The van der Waals surface area contributed by atoms with Gasteiger partial charge in [0.2, 0.25) is 5.91 Å². The molecule has 1 fully saturated rings. The monoisotopic (exact) mass is 284 g/mol. The van der Waals surface area contributed by atoms with Crippen molar-refractivity contribution in [3.05, 3.63) is 36.5 Å². The molecule has 0 aliphatic carbocycles. The van der Waals surface area contributed by atoms with Crippen LogP contribution in [-0.4, -0.2) is 29.2 Å². The van der Waals surface area contributed by atoms with Crippen LogP contribution in [0.25, 0.3) is 11.3 Å². The van der Waals surface area contributed by atoms with Crippen LogP contribution in [0.4, 0.5) is 5.69 Å². The van der Waals surface area contributed by atoms with Crippen LogP contribution < -0.4 is 10.6 Å². The van der Waals surface area contributed by atoms with Crippen LogP contribution in [0.2, 0.25) is 0 Å². The standard InChI is InChI=1S/C16H20N4O/c21-16(10-12-2-1-8-17-11-12)19-14-5-3-13(4-6-14)15-7-9-18-20-15/h3-7,9,12,17H,1-2,8,10-11H2,(H,18,20)(H,19,21). The molecule has 21 heavy (non-hydrogen) atoms. The fraction of sp³-hybridized carbons (Fsp3) is 0.375. The van der Waals surface area contributed by atoms with E-state index < -0.39 is 0 Å². The Kier molecular flexibility index (Phi) is 4.31. The molecule has 1 saturated heterocycles. The zero-order valence-electron chi connectivity index (χ0n) is 11.9. The summed E-state index contributed by atoms with van der Waals surface area (Å²) in [4.78, 5) is 12.0. The van der Waals surface area contributed by atoms with Gasteiger partial charge < -0.3 is 10.6 Å². The van der Waals surface area contributed by atoms with Crippen molar-refractivity contribution >= 4 is 11.6 Å². The maximum absolute atomic E-state index is 12.0. The Bertz CT molecular complexity index is 571. The zero-order chi connectivity index (χ0) is 14.5. The summed E-state index contributed by atoms with van der Waals surface area (Å²) in [7, 11) is 0. The molecule has 5 heteroatoms. The van der Waals surface area contributed by atoms with Crippen LogP contribution in [0.1, 0.15) is 19.3 Å². The molecule has 0 spiro atoms. The Morgan fingerprint density at radius 1 is 1.29 bits per heavy atom. The van der Waals surface area contributed by atoms with Gasteiger partial charge in [0.05, 0.1) is 5.69 Å². The third kappa shape index (κ3) is 3.70. The summed E-state index contributed by atoms with van der Waals surface area (Å²) in [6.45, 7) is 2.03. The summed E-state index contributed by atoms with van der Waals surface area (Å²) in [5.74, 6) is 0.556. The molecule has 110 valence electrons. The molecule has 2 heterocycles. The lowest BCUT2D eigenvalue weighted by Gasteiger charge is -2.22. The van der Waals surface area contributed by atoms with Gasteiger partial charge in [-0.2, -0.15) is 5.10 Å². The van der Waals surface area contributed by atoms with Crippen LogP contribution in [0, 0.1) is 5.92 Å². The number of nitrogens with one attached hydrogen (secondary N) is 3. The first-order chi connectivity index (χ1) is 10.3. The summed E-state index contributed by atoms with van der Waals surface area (Å²) < 4.78 is 0. The number of piperidine rings is 1. The van der Waals surface area contributed by atoms with Gasteiger partial charge in [0.25, 0.3) is 0 Å². The van der Waals surface area contributed by atoms with Gasteiger partial charge in [-0.3, -0.25) is 9.89 Å². The number of hydrogen-bond acceptors (Lipinski definition) is 3. The molecular formula is C16H20N4O. The normalized spacial score (nSPS) is 18.4. The van der Waals surface area contributed by atoms with Crippen molar-refractivity contribution in [1.29, 1.82) is 0 Å². The van der Waals surface area contributed by atoms with Gasteiger partial charge in [-0.25, -0.2) is 0 Å². The fourth-order valence-corrected chi connectivity index (χ4v) is 2.72. The summed E-state index contributed by atoms with van der Waals surface area (Å²) in [6, 6.07) is 9.72. The Labute approximate surface area is 124 Å². The maximum atomic E-state index is 12.0. The maximum Gasteiger partial charge on any atom is 0.224 e. The average Bonchev–Trinajstić information content (AvgIpc) is 3.03. The minimum atomic E-state index is 0.0954. The van der Waals surface area contributed by atoms with Gasteiger partial charge in [-0.1, -0.05) is 12.1 Å². The number of anilines is 1. The second kappa shape index (κ2) is 6.54. The number of rotatable bonds is 4. The highest BCUT2D eigenvalue weighted by Crippen LogP contribution is 2.20. The molecule has 1 aliphatic rings. The van der Waals surface area contributed by atoms with Gasteiger partial charge in [-0.15, -0.1) is 0 Å². The smallest absolute Gasteiger partial charge is 0.224 e. The highest BCUT2D eigenvalue weighted by Gasteiger charge is 2.16. The number of benzene rings is 1. The summed E-state index contributed by atoms with van der Waals surface area (Å²) >= 11 is 0. The molecule has 3 rings (SSSR count). The van der Waals surface area contributed by atoms with Gasteiger partial charge in [0.1, 0.15) is 0 Å². The van der Waals surface area contributed by atoms with E-state index in [1.165, 1.54) is 0 Å². The Morgan fingerprint density at radius 2 is 2.14 bits per heavy atom. The third-order valence-corrected chi connectivity index (χ3v) is 3.85. The zero-order valence-corrected chi connectivity index (χ0v) is 11.9. The Balaban J connectivity index is 1.56. The fourth-order valence-electron chi connectivity index (χ4n) is 2.72. The molecule has 1 aromatic heterocycles. The van der Waals surface area contributed by atoms with E-state index in [1.807, 2.05) is 30.3 Å². The van der Waals surface area contributed by atoms with E-state index in [4.69, 9.17) is 0 Å². The Hall–Kier alpha value is -2.14. The topological polar surface area (TPSA) is 69.8 Å². The number of carbonyl (C=O) groups is 1. The minimum absolute atomic E-state index is 0.0954. The van der Waals surface area contributed by atoms with Crippen molar-refractivity contribution in [1.82, 2.24) is 15.5 Å². The molecule has 1 aromatic carbocycles. The minimum Gasteiger partial charge on any atom is -0.326 e. The van der Waals surface area contributed by atoms with E-state index in [9.17, 15) is 4.79 Å². The summed E-state index contributed by atoms with van der Waals surface area (Å²) in [6.07, 6.45) is 4.62. The summed E-state index contributed by atoms with van der Waals surface area (Å²) in [5.41, 5.74) is 2.87. The predicted octanol–water partition coefficient (Wildman–Crippen LogP) is 2.40. The first-order valence-corrected chi connectivity index (χ1v) is 7.41. The van der Waals surface area contributed by atoms with Crippen LogP contribution in [0.15, 0.2) is 36.5 Å². The summed E-state index contributed by atoms with van der Waals surface area (Å²) in [5, 5.41) is 13.2. The highest BCUT2D eigenvalue weighted by atomic mass is 16.1. The molecule has 2 aromatic rings. The average molecular weight is 284 g/mol. The molecule has 0 radical (unpaired) electrons. The molecule has 0 saturated carbocycles. The molecule has 3 N–H and O–H groups in total. The third-order valence-electron chi connectivity index (χ3n) is 3.85. The number of hydrogen-bond donors (Lipinski definition) is 3. The predicted molar refractivity (Wildman–Crippen MR) is 82.9 cm³/mol. The van der Waals surface area contributed by atoms with Crippen molar-refractivity contribution in [3.8, 4) is 11.3 Å². The van der Waals surface area contributed by atoms with Crippen molar-refractivity contribution in [2.75, 3.05) is 18.4 Å². The van der Waals surface area contributed by atoms with E-state index in [0.717, 1.165) is 42.9 Å². The van der Waals surface area contributed by atoms with Crippen molar-refractivity contribution in [2.45, 2.75) is 19.3 Å². The molecule has 1 atom stereocenters. The van der Waals surface area contributed by atoms with Gasteiger partial charge in [-0.05, 0) is 55.6 Å². The molecule has 5 nitrogen and oxygen atoms in total. The number of carbonyl (C=O) groups excluding carboxylic acids is 1. The van der Waals surface area contributed by atoms with E-state index in [0.29, 0.717) is 12.3 Å². The molecular weight excluding hydrogens is 264 g/mol. The lowest BCUT2D eigenvalue weighted by molar-refractivity contribution is -0.117.